The number of carbonyl (C=O) groups excluding carboxylic acids is 3. The lowest BCUT2D eigenvalue weighted by Gasteiger charge is -2.32. The molecule has 1 saturated heterocycles. The zero-order valence-electron chi connectivity index (χ0n) is 17.7. The molecule has 3 rings (SSSR count). The molecule has 0 aliphatic carbocycles. The lowest BCUT2D eigenvalue weighted by atomic mass is 9.97. The van der Waals surface area contributed by atoms with Gasteiger partial charge in [-0.3, -0.25) is 9.59 Å². The summed E-state index contributed by atoms with van der Waals surface area (Å²) < 4.78 is 13.0. The summed E-state index contributed by atoms with van der Waals surface area (Å²) in [6.45, 7) is 5.22. The molecule has 1 aliphatic heterocycles. The number of hydrogen-bond donors (Lipinski definition) is 3. The summed E-state index contributed by atoms with van der Waals surface area (Å²) in [5.74, 6) is -1.52. The van der Waals surface area contributed by atoms with Crippen molar-refractivity contribution in [3.63, 3.8) is 0 Å². The summed E-state index contributed by atoms with van der Waals surface area (Å²) >= 11 is 0. The average Bonchev–Trinajstić information content (AvgIpc) is 2.76. The Balaban J connectivity index is 1.41. The highest BCUT2D eigenvalue weighted by molar-refractivity contribution is 6.39. The van der Waals surface area contributed by atoms with E-state index in [0.29, 0.717) is 31.0 Å². The van der Waals surface area contributed by atoms with E-state index in [1.54, 1.807) is 4.90 Å². The minimum Gasteiger partial charge on any atom is -0.348 e. The van der Waals surface area contributed by atoms with E-state index < -0.39 is 11.8 Å². The number of urea groups is 1. The largest absolute Gasteiger partial charge is 0.348 e. The fourth-order valence-corrected chi connectivity index (χ4v) is 3.58. The summed E-state index contributed by atoms with van der Waals surface area (Å²) in [5, 5.41) is 8.12. The molecule has 0 saturated carbocycles. The van der Waals surface area contributed by atoms with Crippen molar-refractivity contribution in [3.8, 4) is 0 Å². The van der Waals surface area contributed by atoms with Gasteiger partial charge < -0.3 is 20.9 Å². The first-order chi connectivity index (χ1) is 14.8. The van der Waals surface area contributed by atoms with E-state index in [1.807, 2.05) is 32.0 Å². The highest BCUT2D eigenvalue weighted by Gasteiger charge is 2.24. The third kappa shape index (κ3) is 6.04. The normalized spacial score (nSPS) is 14.1. The molecule has 0 radical (unpaired) electrons. The van der Waals surface area contributed by atoms with Crippen molar-refractivity contribution in [2.45, 2.75) is 26.7 Å². The van der Waals surface area contributed by atoms with Gasteiger partial charge in [0.05, 0.1) is 0 Å². The number of carbonyl (C=O) groups is 3. The molecule has 4 amide bonds. The molecular weight excluding hydrogens is 399 g/mol. The van der Waals surface area contributed by atoms with E-state index >= 15 is 0 Å². The molecule has 31 heavy (non-hydrogen) atoms. The fourth-order valence-electron chi connectivity index (χ4n) is 3.58. The molecule has 0 unspecified atom stereocenters. The van der Waals surface area contributed by atoms with Gasteiger partial charge in [-0.25, -0.2) is 9.18 Å². The second-order valence-corrected chi connectivity index (χ2v) is 7.80. The van der Waals surface area contributed by atoms with Crippen molar-refractivity contribution < 1.29 is 18.8 Å². The van der Waals surface area contributed by atoms with Crippen LogP contribution in [0.1, 0.15) is 24.0 Å². The van der Waals surface area contributed by atoms with Gasteiger partial charge in [0.2, 0.25) is 0 Å². The molecule has 0 atom stereocenters. The lowest BCUT2D eigenvalue weighted by molar-refractivity contribution is -0.136. The van der Waals surface area contributed by atoms with Crippen LogP contribution in [0.5, 0.6) is 0 Å². The summed E-state index contributed by atoms with van der Waals surface area (Å²) in [4.78, 5) is 38.4. The average molecular weight is 426 g/mol. The second kappa shape index (κ2) is 10.1. The van der Waals surface area contributed by atoms with Gasteiger partial charge in [0.15, 0.2) is 0 Å². The maximum Gasteiger partial charge on any atom is 0.321 e. The summed E-state index contributed by atoms with van der Waals surface area (Å²) in [5.41, 5.74) is 2.98. The van der Waals surface area contributed by atoms with Gasteiger partial charge in [-0.2, -0.15) is 0 Å². The van der Waals surface area contributed by atoms with Crippen LogP contribution in [-0.2, 0) is 9.59 Å². The van der Waals surface area contributed by atoms with E-state index in [-0.39, 0.29) is 17.8 Å². The predicted molar refractivity (Wildman–Crippen MR) is 117 cm³/mol. The maximum absolute atomic E-state index is 13.0. The number of rotatable bonds is 4. The van der Waals surface area contributed by atoms with Crippen molar-refractivity contribution in [1.82, 2.24) is 10.2 Å². The number of halogens is 1. The van der Waals surface area contributed by atoms with Gasteiger partial charge >= 0.3 is 17.8 Å². The number of nitrogens with zero attached hydrogens (tertiary/aromatic N) is 1. The third-order valence-corrected chi connectivity index (χ3v) is 5.47. The van der Waals surface area contributed by atoms with Gasteiger partial charge in [0, 0.05) is 31.0 Å². The fraction of sp³-hybridized carbons (Fsp3) is 0.348. The third-order valence-electron chi connectivity index (χ3n) is 5.47. The van der Waals surface area contributed by atoms with E-state index in [0.717, 1.165) is 24.0 Å². The van der Waals surface area contributed by atoms with Crippen LogP contribution in [0.3, 0.4) is 0 Å². The van der Waals surface area contributed by atoms with Crippen LogP contribution in [0.25, 0.3) is 0 Å². The molecule has 1 fully saturated rings. The van der Waals surface area contributed by atoms with Crippen LogP contribution >= 0.6 is 0 Å². The molecule has 1 heterocycles. The molecule has 2 aromatic rings. The van der Waals surface area contributed by atoms with E-state index in [4.69, 9.17) is 0 Å². The number of likely N-dealkylation sites (tertiary alicyclic amines) is 1. The number of anilines is 2. The topological polar surface area (TPSA) is 90.5 Å². The van der Waals surface area contributed by atoms with E-state index in [2.05, 4.69) is 16.0 Å². The number of piperidine rings is 1. The van der Waals surface area contributed by atoms with Crippen molar-refractivity contribution >= 4 is 29.2 Å². The Morgan fingerprint density at radius 3 is 2.16 bits per heavy atom. The van der Waals surface area contributed by atoms with Crippen LogP contribution in [0.2, 0.25) is 0 Å². The number of amides is 4. The Bertz CT molecular complexity index is 934. The Hall–Kier alpha value is -3.42. The molecule has 8 heteroatoms. The molecule has 1 aliphatic rings. The number of benzene rings is 2. The van der Waals surface area contributed by atoms with Crippen LogP contribution in [0, 0.1) is 25.6 Å². The first-order valence-electron chi connectivity index (χ1n) is 10.3. The standard InChI is InChI=1S/C23H27FN4O3/c1-15-4-3-5-16(2)20(15)27-22(30)21(29)25-14-17-10-12-28(13-11-17)23(31)26-19-8-6-18(24)7-9-19/h3-9,17H,10-14H2,1-2H3,(H,25,29)(H,26,31)(H,27,30). The highest BCUT2D eigenvalue weighted by Crippen LogP contribution is 2.20. The van der Waals surface area contributed by atoms with E-state index in [9.17, 15) is 18.8 Å². The van der Waals surface area contributed by atoms with Crippen LogP contribution in [0.4, 0.5) is 20.6 Å². The van der Waals surface area contributed by atoms with Crippen LogP contribution in [0.15, 0.2) is 42.5 Å². The predicted octanol–water partition coefficient (Wildman–Crippen LogP) is 3.44. The number of hydrogen-bond acceptors (Lipinski definition) is 3. The van der Waals surface area contributed by atoms with Gasteiger partial charge in [0.25, 0.3) is 0 Å². The van der Waals surface area contributed by atoms with Crippen LogP contribution in [-0.4, -0.2) is 42.4 Å². The summed E-state index contributed by atoms with van der Waals surface area (Å²) in [6.07, 6.45) is 1.44. The minimum absolute atomic E-state index is 0.187. The zero-order chi connectivity index (χ0) is 22.4. The monoisotopic (exact) mass is 426 g/mol. The first-order valence-corrected chi connectivity index (χ1v) is 10.3. The smallest absolute Gasteiger partial charge is 0.321 e. The SMILES string of the molecule is Cc1cccc(C)c1NC(=O)C(=O)NCC1CCN(C(=O)Nc2ccc(F)cc2)CC1. The zero-order valence-corrected chi connectivity index (χ0v) is 17.7. The maximum atomic E-state index is 13.0. The number of aryl methyl sites for hydroxylation is 2. The quantitative estimate of drug-likeness (QED) is 0.654. The summed E-state index contributed by atoms with van der Waals surface area (Å²) in [6, 6.07) is 11.0. The molecular formula is C23H27FN4O3. The first kappa shape index (κ1) is 22.3. The molecule has 7 nitrogen and oxygen atoms in total. The molecule has 0 aromatic heterocycles. The Morgan fingerprint density at radius 1 is 0.935 bits per heavy atom. The van der Waals surface area contributed by atoms with Crippen molar-refractivity contribution in [3.05, 3.63) is 59.4 Å². The molecule has 164 valence electrons. The van der Waals surface area contributed by atoms with Gasteiger partial charge in [-0.1, -0.05) is 18.2 Å². The van der Waals surface area contributed by atoms with E-state index in [1.165, 1.54) is 24.3 Å². The van der Waals surface area contributed by atoms with Crippen molar-refractivity contribution in [2.75, 3.05) is 30.3 Å². The van der Waals surface area contributed by atoms with Gasteiger partial charge in [-0.05, 0) is 68.0 Å². The Kier molecular flexibility index (Phi) is 7.23. The minimum atomic E-state index is -0.687. The van der Waals surface area contributed by atoms with Crippen LogP contribution < -0.4 is 16.0 Å². The summed E-state index contributed by atoms with van der Waals surface area (Å²) in [7, 11) is 0. The van der Waals surface area contributed by atoms with Gasteiger partial charge in [-0.15, -0.1) is 0 Å². The Labute approximate surface area is 181 Å². The molecule has 0 spiro atoms. The van der Waals surface area contributed by atoms with Gasteiger partial charge in [0.1, 0.15) is 5.82 Å². The number of nitrogens with one attached hydrogen (secondary N) is 3. The van der Waals surface area contributed by atoms with Crippen molar-refractivity contribution in [2.24, 2.45) is 5.92 Å². The number of para-hydroxylation sites is 1. The van der Waals surface area contributed by atoms with Crippen molar-refractivity contribution in [1.29, 1.82) is 0 Å². The molecule has 0 bridgehead atoms. The highest BCUT2D eigenvalue weighted by atomic mass is 19.1. The molecule has 3 N–H and O–H groups in total. The molecule has 2 aromatic carbocycles. The Morgan fingerprint density at radius 2 is 1.55 bits per heavy atom. The second-order valence-electron chi connectivity index (χ2n) is 7.80. The lowest BCUT2D eigenvalue weighted by Crippen LogP contribution is -2.44.